The van der Waals surface area contributed by atoms with Crippen molar-refractivity contribution in [2.24, 2.45) is 0 Å². The topological polar surface area (TPSA) is 106 Å². The number of aryl methyl sites for hydroxylation is 1. The van der Waals surface area contributed by atoms with Crippen molar-refractivity contribution in [2.75, 3.05) is 18.0 Å². The van der Waals surface area contributed by atoms with Crippen LogP contribution < -0.4 is 10.2 Å². The third-order valence-electron chi connectivity index (χ3n) is 7.76. The molecule has 1 N–H and O–H groups in total. The molecular weight excluding hydrogens is 619 g/mol. The molecule has 1 fully saturated rings. The Balaban J connectivity index is 1.68. The molecule has 0 bridgehead atoms. The first kappa shape index (κ1) is 34.0. The lowest BCUT2D eigenvalue weighted by Gasteiger charge is -2.28. The van der Waals surface area contributed by atoms with Crippen LogP contribution in [0.4, 0.5) is 27.6 Å². The van der Waals surface area contributed by atoms with E-state index in [4.69, 9.17) is 0 Å². The van der Waals surface area contributed by atoms with Crippen LogP contribution >= 0.6 is 0 Å². The maximum absolute atomic E-state index is 14.5. The fraction of sp³-hybridized carbons (Fsp3) is 0.355. The van der Waals surface area contributed by atoms with Crippen molar-refractivity contribution in [1.82, 2.24) is 14.6 Å². The second-order valence-corrected chi connectivity index (χ2v) is 12.0. The summed E-state index contributed by atoms with van der Waals surface area (Å²) in [5.41, 5.74) is 2.26. The normalized spacial score (nSPS) is 14.3. The van der Waals surface area contributed by atoms with Gasteiger partial charge in [0, 0.05) is 24.0 Å². The molecule has 1 unspecified atom stereocenters. The van der Waals surface area contributed by atoms with Gasteiger partial charge in [0.1, 0.15) is 6.54 Å². The summed E-state index contributed by atoms with van der Waals surface area (Å²) in [4.78, 5) is 41.3. The molecule has 0 aliphatic heterocycles. The van der Waals surface area contributed by atoms with Crippen molar-refractivity contribution < 1.29 is 40.9 Å². The number of rotatable bonds is 11. The number of anilines is 1. The monoisotopic (exact) mass is 650 g/mol. The van der Waals surface area contributed by atoms with Gasteiger partial charge in [0.25, 0.3) is 10.8 Å². The van der Waals surface area contributed by atoms with Gasteiger partial charge in [0.05, 0.1) is 23.6 Å². The molecule has 0 spiro atoms. The van der Waals surface area contributed by atoms with Gasteiger partial charge in [-0.25, -0.2) is 13.2 Å². The molecule has 3 aromatic rings. The van der Waals surface area contributed by atoms with E-state index in [1.807, 2.05) is 11.4 Å². The summed E-state index contributed by atoms with van der Waals surface area (Å²) in [7, 11) is 0. The number of hydrogen-bond acceptors (Lipinski definition) is 6. The molecule has 1 saturated carbocycles. The summed E-state index contributed by atoms with van der Waals surface area (Å²) in [6.07, 6.45) is 7.49. The van der Waals surface area contributed by atoms with E-state index in [1.165, 1.54) is 30.4 Å². The van der Waals surface area contributed by atoms with Crippen molar-refractivity contribution in [3.05, 3.63) is 88.0 Å². The predicted octanol–water partition coefficient (Wildman–Crippen LogP) is 5.60. The van der Waals surface area contributed by atoms with Gasteiger partial charge < -0.3 is 9.45 Å². The SMILES string of the molecule is CCN(CC(=O)N(Cc1ccc(C2CCCCC2)cn1)c1ccc(C)c(C(=O)NC=O)c1)[S+]([O-])c1c(F)c(F)c(F)c(F)c1F. The van der Waals surface area contributed by atoms with Gasteiger partial charge in [0.2, 0.25) is 41.4 Å². The number of carbonyl (C=O) groups is 3. The fourth-order valence-electron chi connectivity index (χ4n) is 5.24. The number of halogens is 5. The molecule has 1 heterocycles. The van der Waals surface area contributed by atoms with Crippen molar-refractivity contribution in [3.63, 3.8) is 0 Å². The number of likely N-dealkylation sites (N-methyl/N-ethyl adjacent to an activating group) is 1. The van der Waals surface area contributed by atoms with Crippen molar-refractivity contribution in [3.8, 4) is 0 Å². The van der Waals surface area contributed by atoms with E-state index in [9.17, 15) is 40.9 Å². The number of imide groups is 1. The van der Waals surface area contributed by atoms with Crippen LogP contribution in [-0.4, -0.2) is 45.2 Å². The molecule has 3 amide bonds. The third kappa shape index (κ3) is 7.51. The maximum atomic E-state index is 14.5. The van der Waals surface area contributed by atoms with Gasteiger partial charge in [0.15, 0.2) is 0 Å². The molecule has 240 valence electrons. The second kappa shape index (κ2) is 14.9. The molecule has 1 aromatic heterocycles. The van der Waals surface area contributed by atoms with Crippen molar-refractivity contribution >= 4 is 35.3 Å². The number of nitrogens with zero attached hydrogens (tertiary/aromatic N) is 3. The summed E-state index contributed by atoms with van der Waals surface area (Å²) in [5, 5.41) is 2.04. The minimum Gasteiger partial charge on any atom is -0.593 e. The maximum Gasteiger partial charge on any atom is 0.257 e. The molecule has 4 rings (SSSR count). The number of benzene rings is 2. The lowest BCUT2D eigenvalue weighted by atomic mass is 9.85. The number of amides is 3. The minimum absolute atomic E-state index is 0.0790. The van der Waals surface area contributed by atoms with Crippen LogP contribution in [0.25, 0.3) is 0 Å². The summed E-state index contributed by atoms with van der Waals surface area (Å²) < 4.78 is 84.2. The van der Waals surface area contributed by atoms with Crippen LogP contribution in [0.2, 0.25) is 0 Å². The lowest BCUT2D eigenvalue weighted by Crippen LogP contribution is -2.43. The van der Waals surface area contributed by atoms with Gasteiger partial charge in [-0.15, -0.1) is 4.31 Å². The van der Waals surface area contributed by atoms with E-state index in [1.54, 1.807) is 25.3 Å². The number of aromatic nitrogens is 1. The zero-order valence-electron chi connectivity index (χ0n) is 24.5. The smallest absolute Gasteiger partial charge is 0.257 e. The van der Waals surface area contributed by atoms with E-state index in [2.05, 4.69) is 4.98 Å². The van der Waals surface area contributed by atoms with Gasteiger partial charge in [-0.2, -0.15) is 8.78 Å². The predicted molar refractivity (Wildman–Crippen MR) is 156 cm³/mol. The molecule has 45 heavy (non-hydrogen) atoms. The molecule has 1 aliphatic carbocycles. The molecule has 14 heteroatoms. The van der Waals surface area contributed by atoms with Crippen LogP contribution in [0.3, 0.4) is 0 Å². The Hall–Kier alpha value is -3.88. The van der Waals surface area contributed by atoms with E-state index >= 15 is 0 Å². The summed E-state index contributed by atoms with van der Waals surface area (Å²) in [5.74, 6) is -12.6. The average molecular weight is 651 g/mol. The Bertz CT molecular complexity index is 1540. The Morgan fingerprint density at radius 2 is 1.64 bits per heavy atom. The van der Waals surface area contributed by atoms with E-state index in [-0.39, 0.29) is 30.8 Å². The van der Waals surface area contributed by atoms with Crippen LogP contribution in [0, 0.1) is 36.0 Å². The van der Waals surface area contributed by atoms with Gasteiger partial charge >= 0.3 is 0 Å². The summed E-state index contributed by atoms with van der Waals surface area (Å²) in [6, 6.07) is 8.11. The third-order valence-corrected chi connectivity index (χ3v) is 9.32. The van der Waals surface area contributed by atoms with E-state index in [0.717, 1.165) is 35.6 Å². The Labute approximate surface area is 259 Å². The standard InChI is InChI=1S/C31H31F5N4O4S/c1-3-39(45(44)30-28(35)26(33)25(32)27(34)29(30)36)16-24(42)40(22-12-9-18(2)23(13-22)31(43)38-17-41)15-21-11-10-20(14-37-21)19-7-5-4-6-8-19/h9-14,17,19H,3-8,15-16H2,1-2H3,(H,38,41,43). The first-order valence-corrected chi connectivity index (χ1v) is 15.4. The molecule has 0 saturated heterocycles. The second-order valence-electron chi connectivity index (χ2n) is 10.6. The highest BCUT2D eigenvalue weighted by molar-refractivity contribution is 7.89. The lowest BCUT2D eigenvalue weighted by molar-refractivity contribution is -0.119. The van der Waals surface area contributed by atoms with Gasteiger partial charge in [-0.05, 0) is 61.9 Å². The quantitative estimate of drug-likeness (QED) is 0.0953. The molecule has 0 radical (unpaired) electrons. The fourth-order valence-corrected chi connectivity index (χ4v) is 6.44. The zero-order valence-corrected chi connectivity index (χ0v) is 25.4. The highest BCUT2D eigenvalue weighted by atomic mass is 32.2. The van der Waals surface area contributed by atoms with Gasteiger partial charge in [-0.3, -0.25) is 24.7 Å². The largest absolute Gasteiger partial charge is 0.593 e. The highest BCUT2D eigenvalue weighted by Gasteiger charge is 2.38. The molecule has 1 atom stereocenters. The number of hydrogen-bond donors (Lipinski definition) is 1. The zero-order chi connectivity index (χ0) is 32.8. The van der Waals surface area contributed by atoms with Crippen LogP contribution in [0.15, 0.2) is 41.4 Å². The van der Waals surface area contributed by atoms with Crippen LogP contribution in [0.1, 0.15) is 72.1 Å². The average Bonchev–Trinajstić information content (AvgIpc) is 3.05. The van der Waals surface area contributed by atoms with Crippen molar-refractivity contribution in [1.29, 1.82) is 0 Å². The summed E-state index contributed by atoms with van der Waals surface area (Å²) in [6.45, 7) is 1.82. The Morgan fingerprint density at radius 3 is 2.22 bits per heavy atom. The molecule has 1 aliphatic rings. The number of pyridine rings is 1. The van der Waals surface area contributed by atoms with Crippen LogP contribution in [0.5, 0.6) is 0 Å². The molecule has 2 aromatic carbocycles. The Kier molecular flexibility index (Phi) is 11.3. The number of nitrogens with one attached hydrogen (secondary N) is 1. The van der Waals surface area contributed by atoms with Crippen molar-refractivity contribution in [2.45, 2.75) is 63.3 Å². The first-order valence-electron chi connectivity index (χ1n) is 14.3. The highest BCUT2D eigenvalue weighted by Crippen LogP contribution is 2.33. The van der Waals surface area contributed by atoms with Crippen LogP contribution in [-0.2, 0) is 27.5 Å². The Morgan fingerprint density at radius 1 is 1.00 bits per heavy atom. The summed E-state index contributed by atoms with van der Waals surface area (Å²) >= 11 is -2.97. The molecular formula is C31H31F5N4O4S. The number of carbonyl (C=O) groups excluding carboxylic acids is 3. The minimum atomic E-state index is -2.97. The van der Waals surface area contributed by atoms with Gasteiger partial charge in [-0.1, -0.05) is 31.4 Å². The van der Waals surface area contributed by atoms with E-state index < -0.39 is 63.7 Å². The first-order chi connectivity index (χ1) is 21.5. The molecule has 8 nitrogen and oxygen atoms in total. The van der Waals surface area contributed by atoms with E-state index in [0.29, 0.717) is 17.2 Å².